The molecule has 0 atom stereocenters. The monoisotopic (exact) mass is 375 g/mol. The fraction of sp³-hybridized carbons (Fsp3) is 0.238. The summed E-state index contributed by atoms with van der Waals surface area (Å²) in [5.41, 5.74) is 3.56. The molecule has 2 heterocycles. The zero-order valence-electron chi connectivity index (χ0n) is 15.4. The van der Waals surface area contributed by atoms with E-state index in [1.807, 2.05) is 41.3 Å². The maximum Gasteiger partial charge on any atom is 0.251 e. The summed E-state index contributed by atoms with van der Waals surface area (Å²) in [6.45, 7) is 1.87. The van der Waals surface area contributed by atoms with E-state index in [2.05, 4.69) is 15.4 Å². The van der Waals surface area contributed by atoms with E-state index in [0.29, 0.717) is 25.1 Å². The lowest BCUT2D eigenvalue weighted by atomic mass is 10.1. The fourth-order valence-corrected chi connectivity index (χ4v) is 3.25. The molecule has 1 aromatic heterocycles. The van der Waals surface area contributed by atoms with Crippen molar-refractivity contribution in [3.8, 4) is 5.69 Å². The minimum absolute atomic E-state index is 0.121. The van der Waals surface area contributed by atoms with Crippen molar-refractivity contribution < 1.29 is 9.59 Å². The predicted octanol–water partition coefficient (Wildman–Crippen LogP) is 2.32. The van der Waals surface area contributed by atoms with Crippen molar-refractivity contribution in [2.75, 3.05) is 6.54 Å². The molecule has 142 valence electrons. The number of nitrogens with one attached hydrogen (secondary N) is 1. The maximum atomic E-state index is 12.4. The smallest absolute Gasteiger partial charge is 0.251 e. The van der Waals surface area contributed by atoms with E-state index in [4.69, 9.17) is 0 Å². The standard InChI is InChI=1S/C21H21N5O2/c27-20-2-1-11-25(20)13-17-3-7-18(8-4-17)21(28)23-12-16-5-9-19(10-6-16)26-15-22-14-24-26/h3-10,14-15H,1-2,11-13H2,(H,23,28). The van der Waals surface area contributed by atoms with E-state index in [1.165, 1.54) is 6.33 Å². The van der Waals surface area contributed by atoms with Crippen LogP contribution >= 0.6 is 0 Å². The molecule has 0 saturated carbocycles. The zero-order chi connectivity index (χ0) is 19.3. The number of amides is 2. The lowest BCUT2D eigenvalue weighted by Crippen LogP contribution is -2.24. The highest BCUT2D eigenvalue weighted by atomic mass is 16.2. The highest BCUT2D eigenvalue weighted by molar-refractivity contribution is 5.94. The molecule has 28 heavy (non-hydrogen) atoms. The van der Waals surface area contributed by atoms with Gasteiger partial charge in [0.25, 0.3) is 5.91 Å². The summed E-state index contributed by atoms with van der Waals surface area (Å²) < 4.78 is 1.68. The molecule has 2 aromatic carbocycles. The first-order valence-electron chi connectivity index (χ1n) is 9.28. The van der Waals surface area contributed by atoms with E-state index in [1.54, 1.807) is 23.1 Å². The van der Waals surface area contributed by atoms with Gasteiger partial charge in [0.2, 0.25) is 5.91 Å². The Morgan fingerprint density at radius 2 is 1.79 bits per heavy atom. The average molecular weight is 375 g/mol. The molecule has 7 nitrogen and oxygen atoms in total. The van der Waals surface area contributed by atoms with Crippen molar-refractivity contribution in [2.24, 2.45) is 0 Å². The SMILES string of the molecule is O=C(NCc1ccc(-n2cncn2)cc1)c1ccc(CN2CCCC2=O)cc1. The number of nitrogens with zero attached hydrogens (tertiary/aromatic N) is 4. The van der Waals surface area contributed by atoms with Gasteiger partial charge < -0.3 is 10.2 Å². The van der Waals surface area contributed by atoms with Crippen LogP contribution in [0.4, 0.5) is 0 Å². The van der Waals surface area contributed by atoms with Crippen LogP contribution in [-0.4, -0.2) is 38.0 Å². The third-order valence-corrected chi connectivity index (χ3v) is 4.83. The molecule has 1 aliphatic rings. The van der Waals surface area contributed by atoms with Gasteiger partial charge in [-0.15, -0.1) is 0 Å². The number of hydrogen-bond donors (Lipinski definition) is 1. The molecule has 4 rings (SSSR count). The molecule has 0 radical (unpaired) electrons. The highest BCUT2D eigenvalue weighted by Gasteiger charge is 2.19. The first-order chi connectivity index (χ1) is 13.7. The minimum Gasteiger partial charge on any atom is -0.348 e. The Morgan fingerprint density at radius 3 is 2.43 bits per heavy atom. The Bertz CT molecular complexity index is 949. The van der Waals surface area contributed by atoms with Gasteiger partial charge in [-0.25, -0.2) is 9.67 Å². The molecule has 1 aliphatic heterocycles. The van der Waals surface area contributed by atoms with Crippen LogP contribution in [0, 0.1) is 0 Å². The first kappa shape index (κ1) is 17.9. The fourth-order valence-electron chi connectivity index (χ4n) is 3.25. The average Bonchev–Trinajstić information content (AvgIpc) is 3.40. The molecular weight excluding hydrogens is 354 g/mol. The topological polar surface area (TPSA) is 80.1 Å². The number of aromatic nitrogens is 3. The number of rotatable bonds is 6. The van der Waals surface area contributed by atoms with Gasteiger partial charge in [0.1, 0.15) is 12.7 Å². The third kappa shape index (κ3) is 4.09. The Labute approximate surface area is 163 Å². The molecule has 7 heteroatoms. The van der Waals surface area contributed by atoms with E-state index in [0.717, 1.165) is 29.8 Å². The van der Waals surface area contributed by atoms with Crippen LogP contribution < -0.4 is 5.32 Å². The van der Waals surface area contributed by atoms with Gasteiger partial charge in [0, 0.05) is 31.6 Å². The van der Waals surface area contributed by atoms with Gasteiger partial charge >= 0.3 is 0 Å². The summed E-state index contributed by atoms with van der Waals surface area (Å²) in [4.78, 5) is 29.9. The lowest BCUT2D eigenvalue weighted by Gasteiger charge is -2.15. The number of carbonyl (C=O) groups excluding carboxylic acids is 2. The van der Waals surface area contributed by atoms with Crippen LogP contribution in [0.15, 0.2) is 61.2 Å². The summed E-state index contributed by atoms with van der Waals surface area (Å²) in [7, 11) is 0. The summed E-state index contributed by atoms with van der Waals surface area (Å²) in [6, 6.07) is 15.2. The number of hydrogen-bond acceptors (Lipinski definition) is 4. The van der Waals surface area contributed by atoms with Gasteiger partial charge in [-0.2, -0.15) is 5.10 Å². The molecule has 0 spiro atoms. The van der Waals surface area contributed by atoms with Crippen molar-refractivity contribution in [1.82, 2.24) is 25.0 Å². The number of carbonyl (C=O) groups is 2. The quantitative estimate of drug-likeness (QED) is 0.717. The number of benzene rings is 2. The third-order valence-electron chi connectivity index (χ3n) is 4.83. The lowest BCUT2D eigenvalue weighted by molar-refractivity contribution is -0.128. The Morgan fingerprint density at radius 1 is 1.04 bits per heavy atom. The largest absolute Gasteiger partial charge is 0.348 e. The normalized spacial score (nSPS) is 13.7. The van der Waals surface area contributed by atoms with E-state index >= 15 is 0 Å². The van der Waals surface area contributed by atoms with Crippen LogP contribution in [-0.2, 0) is 17.9 Å². The second-order valence-electron chi connectivity index (χ2n) is 6.80. The Hall–Kier alpha value is -3.48. The second-order valence-corrected chi connectivity index (χ2v) is 6.80. The van der Waals surface area contributed by atoms with Crippen LogP contribution in [0.5, 0.6) is 0 Å². The highest BCUT2D eigenvalue weighted by Crippen LogP contribution is 2.15. The second kappa shape index (κ2) is 8.04. The van der Waals surface area contributed by atoms with Crippen molar-refractivity contribution in [3.05, 3.63) is 77.9 Å². The molecular formula is C21H21N5O2. The summed E-state index contributed by atoms with van der Waals surface area (Å²) >= 11 is 0. The van der Waals surface area contributed by atoms with Gasteiger partial charge in [0.15, 0.2) is 0 Å². The molecule has 0 bridgehead atoms. The maximum absolute atomic E-state index is 12.4. The summed E-state index contributed by atoms with van der Waals surface area (Å²) in [5.74, 6) is 0.0841. The Balaban J connectivity index is 1.31. The summed E-state index contributed by atoms with van der Waals surface area (Å²) in [6.07, 6.45) is 4.70. The molecule has 1 fully saturated rings. The van der Waals surface area contributed by atoms with Crippen molar-refractivity contribution in [3.63, 3.8) is 0 Å². The molecule has 3 aromatic rings. The van der Waals surface area contributed by atoms with Gasteiger partial charge in [-0.3, -0.25) is 9.59 Å². The predicted molar refractivity (Wildman–Crippen MR) is 104 cm³/mol. The minimum atomic E-state index is -0.121. The van der Waals surface area contributed by atoms with Crippen molar-refractivity contribution >= 4 is 11.8 Å². The summed E-state index contributed by atoms with van der Waals surface area (Å²) in [5, 5.41) is 7.02. The van der Waals surface area contributed by atoms with E-state index in [9.17, 15) is 9.59 Å². The molecule has 1 saturated heterocycles. The van der Waals surface area contributed by atoms with Crippen LogP contribution in [0.2, 0.25) is 0 Å². The van der Waals surface area contributed by atoms with E-state index < -0.39 is 0 Å². The molecule has 1 N–H and O–H groups in total. The van der Waals surface area contributed by atoms with Crippen LogP contribution in [0.25, 0.3) is 5.69 Å². The Kier molecular flexibility index (Phi) is 5.14. The van der Waals surface area contributed by atoms with Crippen molar-refractivity contribution in [1.29, 1.82) is 0 Å². The van der Waals surface area contributed by atoms with Gasteiger partial charge in [-0.05, 0) is 41.8 Å². The van der Waals surface area contributed by atoms with Crippen LogP contribution in [0.3, 0.4) is 0 Å². The molecule has 2 amide bonds. The van der Waals surface area contributed by atoms with Gasteiger partial charge in [-0.1, -0.05) is 24.3 Å². The van der Waals surface area contributed by atoms with Gasteiger partial charge in [0.05, 0.1) is 5.69 Å². The zero-order valence-corrected chi connectivity index (χ0v) is 15.4. The van der Waals surface area contributed by atoms with Crippen molar-refractivity contribution in [2.45, 2.75) is 25.9 Å². The van der Waals surface area contributed by atoms with Crippen LogP contribution in [0.1, 0.15) is 34.3 Å². The molecule has 0 aliphatic carbocycles. The number of likely N-dealkylation sites (tertiary alicyclic amines) is 1. The molecule has 0 unspecified atom stereocenters. The van der Waals surface area contributed by atoms with E-state index in [-0.39, 0.29) is 11.8 Å². The first-order valence-corrected chi connectivity index (χ1v) is 9.28.